The van der Waals surface area contributed by atoms with Crippen LogP contribution in [-0.2, 0) is 0 Å². The third-order valence-electron chi connectivity index (χ3n) is 4.97. The Kier molecular flexibility index (Phi) is 4.86. The van der Waals surface area contributed by atoms with Crippen molar-refractivity contribution in [2.75, 3.05) is 31.1 Å². The summed E-state index contributed by atoms with van der Waals surface area (Å²) in [5, 5.41) is 0.737. The van der Waals surface area contributed by atoms with E-state index in [0.29, 0.717) is 18.8 Å². The number of carbonyl (C=O) groups is 1. The van der Waals surface area contributed by atoms with Crippen LogP contribution in [0.15, 0.2) is 61.1 Å². The van der Waals surface area contributed by atoms with Gasteiger partial charge in [0.15, 0.2) is 0 Å². The number of hydrogen-bond donors (Lipinski definition) is 0. The van der Waals surface area contributed by atoms with Crippen LogP contribution in [0.2, 0.25) is 5.02 Å². The van der Waals surface area contributed by atoms with E-state index in [2.05, 4.69) is 16.8 Å². The quantitative estimate of drug-likeness (QED) is 0.694. The first kappa shape index (κ1) is 17.6. The van der Waals surface area contributed by atoms with Gasteiger partial charge in [0.05, 0.1) is 12.5 Å². The molecule has 6 heteroatoms. The lowest BCUT2D eigenvalue weighted by molar-refractivity contribution is 0.0738. The van der Waals surface area contributed by atoms with E-state index in [1.165, 1.54) is 5.56 Å². The van der Waals surface area contributed by atoms with E-state index in [1.54, 1.807) is 12.5 Å². The molecule has 1 saturated heterocycles. The molecule has 0 N–H and O–H groups in total. The second-order valence-corrected chi connectivity index (χ2v) is 7.13. The van der Waals surface area contributed by atoms with E-state index in [9.17, 15) is 4.79 Å². The second-order valence-electron chi connectivity index (χ2n) is 6.69. The number of piperazine rings is 1. The topological polar surface area (TPSA) is 41.4 Å². The van der Waals surface area contributed by atoms with Crippen LogP contribution in [0.5, 0.6) is 0 Å². The van der Waals surface area contributed by atoms with Gasteiger partial charge in [-0.1, -0.05) is 35.9 Å². The van der Waals surface area contributed by atoms with Gasteiger partial charge in [0, 0.05) is 42.6 Å². The fourth-order valence-electron chi connectivity index (χ4n) is 3.48. The minimum Gasteiger partial charge on any atom is -0.368 e. The molecular formula is C21H21ClN4O. The Balaban J connectivity index is 1.49. The lowest BCUT2D eigenvalue weighted by Gasteiger charge is -2.36. The average Bonchev–Trinajstić information content (AvgIpc) is 3.20. The Morgan fingerprint density at radius 3 is 2.52 bits per heavy atom. The SMILES string of the molecule is Cc1ccc(Cl)cc1N1CCN(C(=O)c2cncn2-c2ccccc2)CC1. The summed E-state index contributed by atoms with van der Waals surface area (Å²) < 4.78 is 1.84. The molecule has 1 aromatic heterocycles. The van der Waals surface area contributed by atoms with Crippen molar-refractivity contribution in [3.8, 4) is 5.69 Å². The molecular weight excluding hydrogens is 360 g/mol. The third kappa shape index (κ3) is 3.55. The largest absolute Gasteiger partial charge is 0.368 e. The van der Waals surface area contributed by atoms with Crippen LogP contribution in [0, 0.1) is 6.92 Å². The summed E-state index contributed by atoms with van der Waals surface area (Å²) in [7, 11) is 0. The Bertz CT molecular complexity index is 946. The third-order valence-corrected chi connectivity index (χ3v) is 5.21. The highest BCUT2D eigenvalue weighted by atomic mass is 35.5. The van der Waals surface area contributed by atoms with Crippen molar-refractivity contribution in [3.63, 3.8) is 0 Å². The highest BCUT2D eigenvalue weighted by Gasteiger charge is 2.25. The van der Waals surface area contributed by atoms with Gasteiger partial charge in [0.2, 0.25) is 0 Å². The minimum atomic E-state index is 0.0128. The van der Waals surface area contributed by atoms with Gasteiger partial charge >= 0.3 is 0 Å². The summed E-state index contributed by atoms with van der Waals surface area (Å²) >= 11 is 6.16. The van der Waals surface area contributed by atoms with Crippen molar-refractivity contribution >= 4 is 23.2 Å². The zero-order valence-electron chi connectivity index (χ0n) is 15.2. The number of aromatic nitrogens is 2. The van der Waals surface area contributed by atoms with Gasteiger partial charge in [-0.25, -0.2) is 4.98 Å². The van der Waals surface area contributed by atoms with Crippen molar-refractivity contribution in [3.05, 3.63) is 77.3 Å². The number of nitrogens with zero attached hydrogens (tertiary/aromatic N) is 4. The Labute approximate surface area is 163 Å². The van der Waals surface area contributed by atoms with Crippen LogP contribution in [0.4, 0.5) is 5.69 Å². The van der Waals surface area contributed by atoms with Gasteiger partial charge in [-0.2, -0.15) is 0 Å². The molecule has 1 amide bonds. The number of amides is 1. The molecule has 0 bridgehead atoms. The number of hydrogen-bond acceptors (Lipinski definition) is 3. The highest BCUT2D eigenvalue weighted by Crippen LogP contribution is 2.25. The van der Waals surface area contributed by atoms with Gasteiger partial charge in [-0.15, -0.1) is 0 Å². The first-order valence-corrected chi connectivity index (χ1v) is 9.39. The molecule has 0 atom stereocenters. The molecule has 1 fully saturated rings. The van der Waals surface area contributed by atoms with Crippen molar-refractivity contribution in [1.29, 1.82) is 0 Å². The van der Waals surface area contributed by atoms with Gasteiger partial charge < -0.3 is 9.80 Å². The Hall–Kier alpha value is -2.79. The van der Waals surface area contributed by atoms with Gasteiger partial charge in [0.25, 0.3) is 5.91 Å². The maximum absolute atomic E-state index is 13.0. The first-order valence-electron chi connectivity index (χ1n) is 9.01. The lowest BCUT2D eigenvalue weighted by Crippen LogP contribution is -2.49. The van der Waals surface area contributed by atoms with Crippen molar-refractivity contribution in [1.82, 2.24) is 14.5 Å². The molecule has 3 aromatic rings. The second kappa shape index (κ2) is 7.45. The van der Waals surface area contributed by atoms with Crippen LogP contribution in [-0.4, -0.2) is 46.5 Å². The number of benzene rings is 2. The molecule has 1 aliphatic heterocycles. The Morgan fingerprint density at radius 1 is 1.04 bits per heavy atom. The molecule has 1 aliphatic rings. The molecule has 5 nitrogen and oxygen atoms in total. The zero-order valence-corrected chi connectivity index (χ0v) is 15.9. The number of imidazole rings is 1. The summed E-state index contributed by atoms with van der Waals surface area (Å²) in [5.41, 5.74) is 3.87. The first-order chi connectivity index (χ1) is 13.1. The number of rotatable bonds is 3. The number of halogens is 1. The van der Waals surface area contributed by atoms with E-state index in [1.807, 2.05) is 58.0 Å². The van der Waals surface area contributed by atoms with Gasteiger partial charge in [-0.3, -0.25) is 9.36 Å². The molecule has 2 heterocycles. The van der Waals surface area contributed by atoms with Crippen molar-refractivity contribution in [2.45, 2.75) is 6.92 Å². The van der Waals surface area contributed by atoms with Gasteiger partial charge in [0.1, 0.15) is 5.69 Å². The number of anilines is 1. The van der Waals surface area contributed by atoms with Crippen molar-refractivity contribution in [2.24, 2.45) is 0 Å². The van der Waals surface area contributed by atoms with E-state index < -0.39 is 0 Å². The standard InChI is InChI=1S/C21H21ClN4O/c1-16-7-8-17(22)13-19(16)24-9-11-25(12-10-24)21(27)20-14-23-15-26(20)18-5-3-2-4-6-18/h2-8,13-15H,9-12H2,1H3. The summed E-state index contributed by atoms with van der Waals surface area (Å²) in [4.78, 5) is 21.4. The summed E-state index contributed by atoms with van der Waals surface area (Å²) in [6, 6.07) is 15.7. The smallest absolute Gasteiger partial charge is 0.272 e. The molecule has 0 spiro atoms. The highest BCUT2D eigenvalue weighted by molar-refractivity contribution is 6.30. The number of carbonyl (C=O) groups excluding carboxylic acids is 1. The van der Waals surface area contributed by atoms with Gasteiger partial charge in [-0.05, 0) is 36.8 Å². The number of aryl methyl sites for hydroxylation is 1. The maximum Gasteiger partial charge on any atom is 0.272 e. The van der Waals surface area contributed by atoms with E-state index in [4.69, 9.17) is 11.6 Å². The molecule has 4 rings (SSSR count). The van der Waals surface area contributed by atoms with Crippen LogP contribution in [0.1, 0.15) is 16.1 Å². The van der Waals surface area contributed by atoms with E-state index in [-0.39, 0.29) is 5.91 Å². The Morgan fingerprint density at radius 2 is 1.78 bits per heavy atom. The zero-order chi connectivity index (χ0) is 18.8. The number of para-hydroxylation sites is 1. The maximum atomic E-state index is 13.0. The molecule has 0 aliphatic carbocycles. The summed E-state index contributed by atoms with van der Waals surface area (Å²) in [6.45, 7) is 5.00. The van der Waals surface area contributed by atoms with E-state index >= 15 is 0 Å². The average molecular weight is 381 g/mol. The van der Waals surface area contributed by atoms with Crippen LogP contribution in [0.3, 0.4) is 0 Å². The predicted octanol–water partition coefficient (Wildman–Crippen LogP) is 3.80. The molecule has 27 heavy (non-hydrogen) atoms. The molecule has 0 radical (unpaired) electrons. The van der Waals surface area contributed by atoms with E-state index in [0.717, 1.165) is 29.5 Å². The minimum absolute atomic E-state index is 0.0128. The van der Waals surface area contributed by atoms with Crippen LogP contribution >= 0.6 is 11.6 Å². The molecule has 138 valence electrons. The normalized spacial score (nSPS) is 14.4. The van der Waals surface area contributed by atoms with Crippen molar-refractivity contribution < 1.29 is 4.79 Å². The van der Waals surface area contributed by atoms with Crippen LogP contribution in [0.25, 0.3) is 5.69 Å². The fourth-order valence-corrected chi connectivity index (χ4v) is 3.65. The monoisotopic (exact) mass is 380 g/mol. The molecule has 0 unspecified atom stereocenters. The summed E-state index contributed by atoms with van der Waals surface area (Å²) in [5.74, 6) is 0.0128. The fraction of sp³-hybridized carbons (Fsp3) is 0.238. The predicted molar refractivity (Wildman–Crippen MR) is 108 cm³/mol. The molecule has 2 aromatic carbocycles. The summed E-state index contributed by atoms with van der Waals surface area (Å²) in [6.07, 6.45) is 3.33. The van der Waals surface area contributed by atoms with Crippen LogP contribution < -0.4 is 4.90 Å². The molecule has 0 saturated carbocycles. The lowest BCUT2D eigenvalue weighted by atomic mass is 10.1.